The molecule has 0 heterocycles. The Labute approximate surface area is 53.5 Å². The van der Waals surface area contributed by atoms with Crippen LogP contribution in [0.5, 0.6) is 0 Å². The van der Waals surface area contributed by atoms with Crippen LogP contribution in [0, 0.1) is 0 Å². The van der Waals surface area contributed by atoms with Gasteiger partial charge in [-0.25, -0.2) is 0 Å². The zero-order valence-electron chi connectivity index (χ0n) is 4.84. The van der Waals surface area contributed by atoms with Crippen LogP contribution in [0.2, 0.25) is 5.01 Å². The number of halogens is 4. The molecule has 0 aliphatic rings. The molecule has 0 fully saturated rings. The molecule has 0 N–H and O–H groups in total. The minimum absolute atomic E-state index is 1.28. The van der Waals surface area contributed by atoms with Gasteiger partial charge in [0.05, 0.1) is 0 Å². The summed E-state index contributed by atoms with van der Waals surface area (Å²) in [4.78, 5) is 0. The van der Waals surface area contributed by atoms with Crippen LogP contribution in [0.3, 0.4) is 0 Å². The lowest BCUT2D eigenvalue weighted by Crippen LogP contribution is -2.32. The Hall–Kier alpha value is -0.0203. The molecule has 0 rings (SSSR count). The van der Waals surface area contributed by atoms with Crippen LogP contribution in [-0.2, 0) is 0 Å². The van der Waals surface area contributed by atoms with E-state index in [2.05, 4.69) is 0 Å². The van der Waals surface area contributed by atoms with E-state index in [1.54, 1.807) is 0 Å². The van der Waals surface area contributed by atoms with Gasteiger partial charge in [-0.3, -0.25) is 0 Å². The molecule has 0 radical (unpaired) electrons. The lowest BCUT2D eigenvalue weighted by Gasteiger charge is -2.12. The highest BCUT2D eigenvalue weighted by Crippen LogP contribution is 2.20. The maximum absolute atomic E-state index is 11.6. The predicted molar refractivity (Wildman–Crippen MR) is 35.7 cm³/mol. The van der Waals surface area contributed by atoms with Crippen LogP contribution in [0.4, 0.5) is 17.3 Å². The summed E-state index contributed by atoms with van der Waals surface area (Å²) in [5.74, 6) is 0. The zero-order valence-corrected chi connectivity index (χ0v) is 4.84. The lowest BCUT2D eigenvalue weighted by atomic mass is 9.26. The fourth-order valence-corrected chi connectivity index (χ4v) is 0.214. The van der Waals surface area contributed by atoms with Gasteiger partial charge in [0.25, 0.3) is 0 Å². The molecule has 0 aliphatic carbocycles. The van der Waals surface area contributed by atoms with Gasteiger partial charge in [-0.05, 0) is 0 Å². The molecule has 48 valence electrons. The number of hydrogen-bond donors (Lipinski definition) is 0. The Bertz CT molecular complexity index is 55.5. The van der Waals surface area contributed by atoms with E-state index >= 15 is 0 Å². The van der Waals surface area contributed by atoms with Gasteiger partial charge in [0.15, 0.2) is 0 Å². The van der Waals surface area contributed by atoms with Crippen molar-refractivity contribution in [3.63, 3.8) is 0 Å². The van der Waals surface area contributed by atoms with E-state index in [1.807, 2.05) is 0 Å². The molecule has 0 bridgehead atoms. The predicted octanol–water partition coefficient (Wildman–Crippen LogP) is -0.698. The van der Waals surface area contributed by atoms with E-state index < -0.39 is 35.2 Å². The highest BCUT2D eigenvalue weighted by Gasteiger charge is 2.38. The van der Waals surface area contributed by atoms with Gasteiger partial charge < -0.3 is 17.3 Å². The third-order valence-corrected chi connectivity index (χ3v) is 1.13. The molecule has 0 saturated heterocycles. The van der Waals surface area contributed by atoms with Gasteiger partial charge in [0.2, 0.25) is 0 Å². The fraction of sp³-hybridized carbons (Fsp3) is 1.00. The first kappa shape index (κ1) is 8.98. The van der Waals surface area contributed by atoms with Crippen LogP contribution in [0.1, 0.15) is 0 Å². The van der Waals surface area contributed by atoms with E-state index in [9.17, 15) is 17.3 Å². The molecular formula is CH4B4F4. The summed E-state index contributed by atoms with van der Waals surface area (Å²) in [5, 5.41) is -2.00. The van der Waals surface area contributed by atoms with Crippen molar-refractivity contribution in [2.75, 3.05) is 0 Å². The van der Waals surface area contributed by atoms with Gasteiger partial charge in [-0.2, -0.15) is 0 Å². The fourth-order valence-electron chi connectivity index (χ4n) is 0.214. The van der Waals surface area contributed by atoms with E-state index in [1.165, 1.54) is 0 Å². The normalized spacial score (nSPS) is 10.2. The van der Waals surface area contributed by atoms with Gasteiger partial charge >= 0.3 is 30.2 Å². The highest BCUT2D eigenvalue weighted by molar-refractivity contribution is 6.89. The monoisotopic (exact) mass is 136 g/mol. The van der Waals surface area contributed by atoms with E-state index in [0.717, 1.165) is 0 Å². The van der Waals surface area contributed by atoms with Crippen LogP contribution < -0.4 is 0 Å². The third-order valence-electron chi connectivity index (χ3n) is 1.13. The lowest BCUT2D eigenvalue weighted by molar-refractivity contribution is 0.767. The third kappa shape index (κ3) is 1.99. The van der Waals surface area contributed by atoms with E-state index in [-0.39, 0.29) is 0 Å². The Morgan fingerprint density at radius 3 is 0.889 bits per heavy atom. The molecule has 0 aromatic carbocycles. The Morgan fingerprint density at radius 1 is 0.667 bits per heavy atom. The van der Waals surface area contributed by atoms with Crippen molar-refractivity contribution in [3.8, 4) is 0 Å². The largest absolute Gasteiger partial charge is 0.343 e. The molecule has 0 amide bonds. The second-order valence-corrected chi connectivity index (χ2v) is 2.03. The number of rotatable bonds is 4. The van der Waals surface area contributed by atoms with Crippen LogP contribution in [-0.4, -0.2) is 30.2 Å². The SMILES string of the molecule is FBC(BF)(BF)BF. The quantitative estimate of drug-likeness (QED) is 0.353. The molecule has 0 saturated carbocycles. The summed E-state index contributed by atoms with van der Waals surface area (Å²) in [6.07, 6.45) is 0. The summed E-state index contributed by atoms with van der Waals surface area (Å²) < 4.78 is 46.4. The summed E-state index contributed by atoms with van der Waals surface area (Å²) in [6.45, 7) is 0. The Balaban J connectivity index is 3.82. The molecule has 0 atom stereocenters. The molecule has 0 aromatic heterocycles. The van der Waals surface area contributed by atoms with E-state index in [4.69, 9.17) is 0 Å². The van der Waals surface area contributed by atoms with Crippen LogP contribution in [0.25, 0.3) is 0 Å². The first-order valence-corrected chi connectivity index (χ1v) is 2.48. The van der Waals surface area contributed by atoms with Crippen LogP contribution in [0.15, 0.2) is 0 Å². The standard InChI is InChI=1S/CH4B4F4/c6-2-1(3-7,4-8)5-9/h2-5H. The Kier molecular flexibility index (Phi) is 3.89. The molecule has 0 unspecified atom stereocenters. The average Bonchev–Trinajstić information content (AvgIpc) is 1.95. The molecule has 0 aliphatic heterocycles. The van der Waals surface area contributed by atoms with Crippen molar-refractivity contribution in [1.82, 2.24) is 0 Å². The van der Waals surface area contributed by atoms with E-state index in [0.29, 0.717) is 0 Å². The number of hydrogen-bond acceptors (Lipinski definition) is 0. The zero-order chi connectivity index (χ0) is 7.33. The van der Waals surface area contributed by atoms with Crippen LogP contribution >= 0.6 is 0 Å². The molecule has 0 aromatic rings. The van der Waals surface area contributed by atoms with Gasteiger partial charge in [-0.15, -0.1) is 0 Å². The maximum atomic E-state index is 11.6. The molecule has 0 spiro atoms. The maximum Gasteiger partial charge on any atom is 0.323 e. The van der Waals surface area contributed by atoms with Gasteiger partial charge in [0, 0.05) is 5.01 Å². The van der Waals surface area contributed by atoms with Crippen molar-refractivity contribution in [2.24, 2.45) is 0 Å². The summed E-state index contributed by atoms with van der Waals surface area (Å²) >= 11 is 0. The smallest absolute Gasteiger partial charge is 0.323 e. The summed E-state index contributed by atoms with van der Waals surface area (Å²) in [6, 6.07) is 0. The minimum atomic E-state index is -2.00. The molecule has 9 heavy (non-hydrogen) atoms. The van der Waals surface area contributed by atoms with Crippen molar-refractivity contribution in [1.29, 1.82) is 0 Å². The summed E-state index contributed by atoms with van der Waals surface area (Å²) in [7, 11) is -5.12. The summed E-state index contributed by atoms with van der Waals surface area (Å²) in [5.41, 5.74) is 0. The molecular weight excluding hydrogens is 131 g/mol. The molecule has 8 heteroatoms. The second kappa shape index (κ2) is 3.90. The van der Waals surface area contributed by atoms with Crippen molar-refractivity contribution >= 4 is 30.2 Å². The second-order valence-electron chi connectivity index (χ2n) is 2.03. The topological polar surface area (TPSA) is 0 Å². The minimum Gasteiger partial charge on any atom is -0.343 e. The van der Waals surface area contributed by atoms with Crippen molar-refractivity contribution in [2.45, 2.75) is 5.01 Å². The first-order chi connectivity index (χ1) is 4.24. The van der Waals surface area contributed by atoms with Gasteiger partial charge in [0.1, 0.15) is 0 Å². The van der Waals surface area contributed by atoms with Gasteiger partial charge in [-0.1, -0.05) is 0 Å². The average molecular weight is 135 g/mol. The Morgan fingerprint density at radius 2 is 0.889 bits per heavy atom. The van der Waals surface area contributed by atoms with Crippen molar-refractivity contribution in [3.05, 3.63) is 0 Å². The molecule has 0 nitrogen and oxygen atoms in total. The first-order valence-electron chi connectivity index (χ1n) is 2.48. The van der Waals surface area contributed by atoms with Crippen molar-refractivity contribution < 1.29 is 17.3 Å². The highest BCUT2D eigenvalue weighted by atomic mass is 19.1.